The SMILES string of the molecule is Cc1cccc(CSCCNC(=O)CSc2ccccc2)c1. The van der Waals surface area contributed by atoms with Crippen LogP contribution in [-0.2, 0) is 10.5 Å². The molecule has 0 fully saturated rings. The molecule has 0 saturated heterocycles. The Morgan fingerprint density at radius 1 is 1.09 bits per heavy atom. The predicted molar refractivity (Wildman–Crippen MR) is 97.5 cm³/mol. The fraction of sp³-hybridized carbons (Fsp3) is 0.278. The first kappa shape index (κ1) is 17.0. The lowest BCUT2D eigenvalue weighted by Crippen LogP contribution is -2.27. The smallest absolute Gasteiger partial charge is 0.230 e. The highest BCUT2D eigenvalue weighted by Crippen LogP contribution is 2.16. The van der Waals surface area contributed by atoms with E-state index in [0.29, 0.717) is 5.75 Å². The molecule has 1 N–H and O–H groups in total. The fourth-order valence-corrected chi connectivity index (χ4v) is 3.53. The molecule has 0 aromatic heterocycles. The molecule has 0 saturated carbocycles. The van der Waals surface area contributed by atoms with Crippen molar-refractivity contribution >= 4 is 29.4 Å². The quantitative estimate of drug-likeness (QED) is 0.582. The molecule has 0 bridgehead atoms. The Morgan fingerprint density at radius 2 is 1.91 bits per heavy atom. The molecule has 0 atom stereocenters. The minimum Gasteiger partial charge on any atom is -0.355 e. The van der Waals surface area contributed by atoms with Gasteiger partial charge in [0.25, 0.3) is 0 Å². The molecule has 2 aromatic carbocycles. The van der Waals surface area contributed by atoms with Crippen LogP contribution in [0.5, 0.6) is 0 Å². The second-order valence-corrected chi connectivity index (χ2v) is 7.15. The third-order valence-corrected chi connectivity index (χ3v) is 5.08. The zero-order chi connectivity index (χ0) is 15.6. The number of carbonyl (C=O) groups is 1. The minimum atomic E-state index is 0.102. The molecule has 0 aliphatic carbocycles. The second-order valence-electron chi connectivity index (χ2n) is 4.99. The summed E-state index contributed by atoms with van der Waals surface area (Å²) >= 11 is 3.42. The Hall–Kier alpha value is -1.39. The first-order valence-electron chi connectivity index (χ1n) is 7.32. The van der Waals surface area contributed by atoms with E-state index < -0.39 is 0 Å². The monoisotopic (exact) mass is 331 g/mol. The molecule has 0 spiro atoms. The summed E-state index contributed by atoms with van der Waals surface area (Å²) in [6, 6.07) is 18.6. The van der Waals surface area contributed by atoms with Gasteiger partial charge in [0, 0.05) is 22.9 Å². The van der Waals surface area contributed by atoms with Crippen LogP contribution in [0.15, 0.2) is 59.5 Å². The van der Waals surface area contributed by atoms with Gasteiger partial charge in [0.05, 0.1) is 5.75 Å². The topological polar surface area (TPSA) is 29.1 Å². The van der Waals surface area contributed by atoms with E-state index in [1.54, 1.807) is 11.8 Å². The van der Waals surface area contributed by atoms with E-state index >= 15 is 0 Å². The van der Waals surface area contributed by atoms with Gasteiger partial charge in [-0.05, 0) is 24.6 Å². The number of hydrogen-bond donors (Lipinski definition) is 1. The molecule has 0 heterocycles. The number of amides is 1. The van der Waals surface area contributed by atoms with Gasteiger partial charge in [-0.1, -0.05) is 48.0 Å². The highest BCUT2D eigenvalue weighted by Gasteiger charge is 2.02. The Bertz CT molecular complexity index is 587. The van der Waals surface area contributed by atoms with Gasteiger partial charge in [-0.15, -0.1) is 11.8 Å². The third kappa shape index (κ3) is 6.58. The molecule has 116 valence electrons. The maximum atomic E-state index is 11.8. The van der Waals surface area contributed by atoms with Crippen molar-refractivity contribution in [3.8, 4) is 0 Å². The third-order valence-electron chi connectivity index (χ3n) is 3.03. The van der Waals surface area contributed by atoms with Gasteiger partial charge in [0.15, 0.2) is 0 Å². The molecule has 0 unspecified atom stereocenters. The zero-order valence-electron chi connectivity index (χ0n) is 12.7. The van der Waals surface area contributed by atoms with Crippen LogP contribution < -0.4 is 5.32 Å². The second kappa shape index (κ2) is 9.59. The van der Waals surface area contributed by atoms with Crippen LogP contribution in [0.2, 0.25) is 0 Å². The molecule has 0 radical (unpaired) electrons. The molecule has 2 nitrogen and oxygen atoms in total. The zero-order valence-corrected chi connectivity index (χ0v) is 14.4. The van der Waals surface area contributed by atoms with Crippen molar-refractivity contribution in [3.05, 3.63) is 65.7 Å². The molecule has 2 rings (SSSR count). The van der Waals surface area contributed by atoms with E-state index in [4.69, 9.17) is 0 Å². The number of nitrogens with one attached hydrogen (secondary N) is 1. The Labute approximate surface area is 141 Å². The number of benzene rings is 2. The summed E-state index contributed by atoms with van der Waals surface area (Å²) in [7, 11) is 0. The summed E-state index contributed by atoms with van der Waals surface area (Å²) in [5.74, 6) is 2.52. The van der Waals surface area contributed by atoms with Crippen LogP contribution in [0.4, 0.5) is 0 Å². The highest BCUT2D eigenvalue weighted by molar-refractivity contribution is 8.00. The summed E-state index contributed by atoms with van der Waals surface area (Å²) in [6.45, 7) is 2.84. The Balaban J connectivity index is 1.55. The van der Waals surface area contributed by atoms with E-state index in [1.807, 2.05) is 42.1 Å². The summed E-state index contributed by atoms with van der Waals surface area (Å²) in [5.41, 5.74) is 2.64. The average molecular weight is 332 g/mol. The summed E-state index contributed by atoms with van der Waals surface area (Å²) in [6.07, 6.45) is 0. The molecular weight excluding hydrogens is 310 g/mol. The van der Waals surface area contributed by atoms with Crippen molar-refractivity contribution in [1.29, 1.82) is 0 Å². The Morgan fingerprint density at radius 3 is 2.68 bits per heavy atom. The van der Waals surface area contributed by atoms with Gasteiger partial charge in [0.1, 0.15) is 0 Å². The van der Waals surface area contributed by atoms with Crippen molar-refractivity contribution < 1.29 is 4.79 Å². The molecule has 2 aromatic rings. The van der Waals surface area contributed by atoms with Gasteiger partial charge in [-0.2, -0.15) is 11.8 Å². The number of hydrogen-bond acceptors (Lipinski definition) is 3. The van der Waals surface area contributed by atoms with Gasteiger partial charge >= 0.3 is 0 Å². The van der Waals surface area contributed by atoms with E-state index in [9.17, 15) is 4.79 Å². The van der Waals surface area contributed by atoms with Crippen LogP contribution in [0.1, 0.15) is 11.1 Å². The standard InChI is InChI=1S/C18H21NOS2/c1-15-6-5-7-16(12-15)13-21-11-10-19-18(20)14-22-17-8-3-2-4-9-17/h2-9,12H,10-11,13-14H2,1H3,(H,19,20). The summed E-state index contributed by atoms with van der Waals surface area (Å²) in [4.78, 5) is 12.9. The lowest BCUT2D eigenvalue weighted by Gasteiger charge is -2.06. The Kier molecular flexibility index (Phi) is 7.40. The molecule has 22 heavy (non-hydrogen) atoms. The van der Waals surface area contributed by atoms with Crippen molar-refractivity contribution in [2.75, 3.05) is 18.1 Å². The van der Waals surface area contributed by atoms with E-state index in [-0.39, 0.29) is 5.91 Å². The van der Waals surface area contributed by atoms with Gasteiger partial charge in [-0.25, -0.2) is 0 Å². The van der Waals surface area contributed by atoms with Crippen molar-refractivity contribution in [3.63, 3.8) is 0 Å². The molecule has 4 heteroatoms. The number of thioether (sulfide) groups is 2. The average Bonchev–Trinajstić information content (AvgIpc) is 2.54. The van der Waals surface area contributed by atoms with Crippen LogP contribution in [0.3, 0.4) is 0 Å². The molecule has 0 aliphatic rings. The highest BCUT2D eigenvalue weighted by atomic mass is 32.2. The first-order chi connectivity index (χ1) is 10.7. The lowest BCUT2D eigenvalue weighted by molar-refractivity contribution is -0.118. The van der Waals surface area contributed by atoms with Crippen LogP contribution in [0, 0.1) is 6.92 Å². The van der Waals surface area contributed by atoms with Gasteiger partial charge in [-0.3, -0.25) is 4.79 Å². The summed E-state index contributed by atoms with van der Waals surface area (Å²) in [5, 5.41) is 2.97. The number of rotatable bonds is 8. The molecule has 1 amide bonds. The predicted octanol–water partition coefficient (Wildman–Crippen LogP) is 4.14. The van der Waals surface area contributed by atoms with Crippen molar-refractivity contribution in [1.82, 2.24) is 5.32 Å². The normalized spacial score (nSPS) is 10.4. The maximum absolute atomic E-state index is 11.8. The van der Waals surface area contributed by atoms with E-state index in [1.165, 1.54) is 11.1 Å². The number of aryl methyl sites for hydroxylation is 1. The van der Waals surface area contributed by atoms with E-state index in [2.05, 4.69) is 36.5 Å². The van der Waals surface area contributed by atoms with Crippen LogP contribution in [0.25, 0.3) is 0 Å². The lowest BCUT2D eigenvalue weighted by atomic mass is 10.2. The largest absolute Gasteiger partial charge is 0.355 e. The molecular formula is C18H21NOS2. The number of carbonyl (C=O) groups excluding carboxylic acids is 1. The first-order valence-corrected chi connectivity index (χ1v) is 9.46. The summed E-state index contributed by atoms with van der Waals surface area (Å²) < 4.78 is 0. The van der Waals surface area contributed by atoms with Gasteiger partial charge < -0.3 is 5.32 Å². The van der Waals surface area contributed by atoms with Crippen molar-refractivity contribution in [2.24, 2.45) is 0 Å². The maximum Gasteiger partial charge on any atom is 0.230 e. The van der Waals surface area contributed by atoms with E-state index in [0.717, 1.165) is 22.9 Å². The molecule has 0 aliphatic heterocycles. The van der Waals surface area contributed by atoms with Gasteiger partial charge in [0.2, 0.25) is 5.91 Å². The fourth-order valence-electron chi connectivity index (χ4n) is 1.97. The van der Waals surface area contributed by atoms with Crippen LogP contribution in [-0.4, -0.2) is 24.0 Å². The van der Waals surface area contributed by atoms with Crippen molar-refractivity contribution in [2.45, 2.75) is 17.6 Å². The van der Waals surface area contributed by atoms with Crippen LogP contribution >= 0.6 is 23.5 Å². The minimum absolute atomic E-state index is 0.102.